The summed E-state index contributed by atoms with van der Waals surface area (Å²) in [6, 6.07) is 36.5. The SMILES string of the molecule is Cc1ccc(CCl)cc1.Cc1ccc(COC(=O)CCSC(=S)SCc2ccccc2)cc1.O=C(O)CCSC(=S)SCc1ccccc1. The first-order valence-corrected chi connectivity index (χ1v) is 20.7. The quantitative estimate of drug-likeness (QED) is 0.0805. The van der Waals surface area contributed by atoms with Crippen LogP contribution in [0.25, 0.3) is 0 Å². The lowest BCUT2D eigenvalue weighted by molar-refractivity contribution is -0.144. The van der Waals surface area contributed by atoms with Gasteiger partial charge in [-0.1, -0.05) is 145 Å². The van der Waals surface area contributed by atoms with Crippen molar-refractivity contribution in [2.75, 3.05) is 11.5 Å². The number of alkyl halides is 1. The summed E-state index contributed by atoms with van der Waals surface area (Å²) < 4.78 is 6.95. The van der Waals surface area contributed by atoms with Crippen molar-refractivity contribution in [3.63, 3.8) is 0 Å². The molecule has 0 aliphatic rings. The normalized spacial score (nSPS) is 10.1. The molecule has 4 rings (SSSR count). The molecule has 0 saturated carbocycles. The number of carbonyl (C=O) groups excluding carboxylic acids is 1. The van der Waals surface area contributed by atoms with E-state index in [1.54, 1.807) is 35.3 Å². The lowest BCUT2D eigenvalue weighted by Gasteiger charge is -2.06. The number of rotatable bonds is 13. The van der Waals surface area contributed by atoms with Crippen LogP contribution >= 0.6 is 83.1 Å². The molecule has 0 aliphatic heterocycles. The molecule has 4 aromatic carbocycles. The van der Waals surface area contributed by atoms with Crippen molar-refractivity contribution in [2.24, 2.45) is 0 Å². The molecule has 0 heterocycles. The number of thiocarbonyl (C=S) groups is 2. The molecule has 0 aromatic heterocycles. The van der Waals surface area contributed by atoms with Crippen molar-refractivity contribution in [1.82, 2.24) is 0 Å². The minimum atomic E-state index is -0.775. The maximum absolute atomic E-state index is 11.8. The lowest BCUT2D eigenvalue weighted by Crippen LogP contribution is -2.06. The summed E-state index contributed by atoms with van der Waals surface area (Å²) in [5.41, 5.74) is 7.15. The Bertz CT molecular complexity index is 1540. The molecule has 0 amide bonds. The van der Waals surface area contributed by atoms with Crippen molar-refractivity contribution in [2.45, 2.75) is 50.7 Å². The predicted molar refractivity (Wildman–Crippen MR) is 224 cm³/mol. The highest BCUT2D eigenvalue weighted by Gasteiger charge is 2.07. The third kappa shape index (κ3) is 22.2. The van der Waals surface area contributed by atoms with Gasteiger partial charge in [0.1, 0.15) is 13.7 Å². The van der Waals surface area contributed by atoms with Crippen LogP contribution in [-0.4, -0.2) is 35.6 Å². The summed E-state index contributed by atoms with van der Waals surface area (Å²) in [7, 11) is 0. The minimum absolute atomic E-state index is 0.163. The second-order valence-electron chi connectivity index (χ2n) is 10.4. The van der Waals surface area contributed by atoms with Gasteiger partial charge in [-0.15, -0.1) is 58.6 Å². The van der Waals surface area contributed by atoms with Crippen LogP contribution < -0.4 is 0 Å². The molecule has 0 unspecified atom stereocenters. The Morgan fingerprint density at radius 1 is 0.612 bits per heavy atom. The highest BCUT2D eigenvalue weighted by atomic mass is 35.5. The van der Waals surface area contributed by atoms with Crippen LogP contribution in [-0.2, 0) is 38.3 Å². The molecule has 1 N–H and O–H groups in total. The maximum Gasteiger partial charge on any atom is 0.306 e. The maximum atomic E-state index is 11.8. The van der Waals surface area contributed by atoms with E-state index in [1.807, 2.05) is 79.7 Å². The van der Waals surface area contributed by atoms with E-state index < -0.39 is 5.97 Å². The Hall–Kier alpha value is -2.31. The van der Waals surface area contributed by atoms with Gasteiger partial charge >= 0.3 is 11.9 Å². The van der Waals surface area contributed by atoms with E-state index in [9.17, 15) is 9.59 Å². The van der Waals surface area contributed by atoms with Gasteiger partial charge in [-0.2, -0.15) is 0 Å². The summed E-state index contributed by atoms with van der Waals surface area (Å²) in [5, 5.41) is 8.47. The molecule has 0 atom stereocenters. The second-order valence-corrected chi connectivity index (χ2v) is 17.2. The number of aliphatic carboxylic acids is 1. The summed E-state index contributed by atoms with van der Waals surface area (Å²) in [6.45, 7) is 4.43. The molecule has 49 heavy (non-hydrogen) atoms. The molecule has 0 spiro atoms. The Kier molecular flexibility index (Phi) is 23.2. The van der Waals surface area contributed by atoms with Gasteiger partial charge in [-0.25, -0.2) is 0 Å². The largest absolute Gasteiger partial charge is 0.481 e. The first-order chi connectivity index (χ1) is 23.6. The number of thioether (sulfide) groups is 4. The van der Waals surface area contributed by atoms with Crippen LogP contribution in [0, 0.1) is 13.8 Å². The molecule has 11 heteroatoms. The molecule has 0 bridgehead atoms. The highest BCUT2D eigenvalue weighted by molar-refractivity contribution is 8.47. The first-order valence-electron chi connectivity index (χ1n) is 15.4. The number of carboxylic acids is 1. The van der Waals surface area contributed by atoms with Gasteiger partial charge in [0.2, 0.25) is 0 Å². The number of esters is 1. The van der Waals surface area contributed by atoms with Gasteiger partial charge in [-0.05, 0) is 36.1 Å². The summed E-state index contributed by atoms with van der Waals surface area (Å²) >= 11 is 22.2. The van der Waals surface area contributed by atoms with Crippen LogP contribution in [0.3, 0.4) is 0 Å². The monoisotopic (exact) mass is 788 g/mol. The number of carboxylic acid groups (broad SMARTS) is 1. The van der Waals surface area contributed by atoms with E-state index in [-0.39, 0.29) is 12.4 Å². The average Bonchev–Trinajstić information content (AvgIpc) is 3.11. The zero-order chi connectivity index (χ0) is 35.7. The predicted octanol–water partition coefficient (Wildman–Crippen LogP) is 11.5. The van der Waals surface area contributed by atoms with E-state index in [0.717, 1.165) is 24.1 Å². The Morgan fingerprint density at radius 2 is 1.04 bits per heavy atom. The number of hydrogen-bond donors (Lipinski definition) is 1. The first kappa shape index (κ1) is 42.9. The van der Waals surface area contributed by atoms with Crippen molar-refractivity contribution in [3.05, 3.63) is 143 Å². The van der Waals surface area contributed by atoms with Gasteiger partial charge in [0.25, 0.3) is 0 Å². The molecule has 260 valence electrons. The Balaban J connectivity index is 0.000000285. The van der Waals surface area contributed by atoms with Crippen LogP contribution in [0.1, 0.15) is 46.2 Å². The second kappa shape index (κ2) is 26.5. The molecular weight excluding hydrogens is 748 g/mol. The molecule has 0 saturated heterocycles. The van der Waals surface area contributed by atoms with Crippen LogP contribution in [0.2, 0.25) is 0 Å². The third-order valence-corrected chi connectivity index (χ3v) is 12.1. The molecular formula is C38H41ClO4S6. The van der Waals surface area contributed by atoms with E-state index in [1.165, 1.54) is 39.6 Å². The van der Waals surface area contributed by atoms with E-state index >= 15 is 0 Å². The molecule has 0 aliphatic carbocycles. The van der Waals surface area contributed by atoms with Crippen LogP contribution in [0.4, 0.5) is 0 Å². The number of ether oxygens (including phenoxy) is 1. The van der Waals surface area contributed by atoms with Gasteiger partial charge in [0.05, 0.1) is 12.8 Å². The molecule has 4 aromatic rings. The van der Waals surface area contributed by atoms with E-state index in [4.69, 9.17) is 45.9 Å². The summed E-state index contributed by atoms with van der Waals surface area (Å²) in [4.78, 5) is 22.1. The van der Waals surface area contributed by atoms with E-state index in [2.05, 4.69) is 43.3 Å². The molecule has 4 nitrogen and oxygen atoms in total. The zero-order valence-corrected chi connectivity index (χ0v) is 33.2. The van der Waals surface area contributed by atoms with Gasteiger partial charge in [0.15, 0.2) is 0 Å². The van der Waals surface area contributed by atoms with Gasteiger partial charge < -0.3 is 9.84 Å². The number of halogens is 1. The number of carbonyl (C=O) groups is 2. The summed E-state index contributed by atoms with van der Waals surface area (Å²) in [6.07, 6.45) is 0.541. The molecule has 0 fully saturated rings. The zero-order valence-electron chi connectivity index (χ0n) is 27.5. The van der Waals surface area contributed by atoms with Gasteiger partial charge in [0, 0.05) is 28.9 Å². The summed E-state index contributed by atoms with van der Waals surface area (Å²) in [5.74, 6) is 2.58. The fraction of sp³-hybridized carbons (Fsp3) is 0.263. The van der Waals surface area contributed by atoms with Crippen molar-refractivity contribution in [1.29, 1.82) is 0 Å². The number of benzene rings is 4. The van der Waals surface area contributed by atoms with E-state index in [0.29, 0.717) is 30.4 Å². The number of aryl methyl sites for hydroxylation is 2. The Morgan fingerprint density at radius 3 is 1.47 bits per heavy atom. The standard InChI is InChI=1S/C19H20O2S3.C11H12O2S3.C8H9Cl/c1-15-7-9-16(10-8-15)13-21-18(20)11-12-23-19(22)24-14-17-5-3-2-4-6-17;12-10(13)6-7-15-11(14)16-8-9-4-2-1-3-5-9;1-7-2-4-8(6-9)5-3-7/h2-10H,11-14H2,1H3;1-5H,6-8H2,(H,12,13);2-5H,6H2,1H3. The average molecular weight is 790 g/mol. The molecule has 0 radical (unpaired) electrons. The third-order valence-electron chi connectivity index (χ3n) is 6.26. The van der Waals surface area contributed by atoms with Crippen molar-refractivity contribution >= 4 is 102 Å². The van der Waals surface area contributed by atoms with Crippen molar-refractivity contribution < 1.29 is 19.4 Å². The fourth-order valence-electron chi connectivity index (χ4n) is 3.55. The van der Waals surface area contributed by atoms with Crippen LogP contribution in [0.5, 0.6) is 0 Å². The van der Waals surface area contributed by atoms with Gasteiger partial charge in [-0.3, -0.25) is 9.59 Å². The smallest absolute Gasteiger partial charge is 0.306 e. The fourth-order valence-corrected chi connectivity index (χ4v) is 7.94. The highest BCUT2D eigenvalue weighted by Crippen LogP contribution is 2.23. The van der Waals surface area contributed by atoms with Crippen molar-refractivity contribution in [3.8, 4) is 0 Å². The van der Waals surface area contributed by atoms with Crippen LogP contribution in [0.15, 0.2) is 109 Å². The number of hydrogen-bond acceptors (Lipinski definition) is 9. The Labute approximate surface area is 323 Å². The topological polar surface area (TPSA) is 63.6 Å². The minimum Gasteiger partial charge on any atom is -0.481 e. The lowest BCUT2D eigenvalue weighted by atomic mass is 10.2.